The average Bonchev–Trinajstić information content (AvgIpc) is 2.67. The zero-order valence-corrected chi connectivity index (χ0v) is 14.0. The Morgan fingerprint density at radius 2 is 1.48 bits per heavy atom. The molecule has 0 saturated carbocycles. The fourth-order valence-electron chi connectivity index (χ4n) is 2.46. The molecule has 0 bridgehead atoms. The molecule has 0 radical (unpaired) electrons. The minimum atomic E-state index is -3.76. The zero-order valence-electron chi connectivity index (χ0n) is 13.2. The largest absolute Gasteiger partial charge is 0.265 e. The molecular formula is C19H15N3O2S. The van der Waals surface area contributed by atoms with Crippen LogP contribution in [0, 0.1) is 11.3 Å². The van der Waals surface area contributed by atoms with Crippen molar-refractivity contribution in [2.24, 2.45) is 0 Å². The third-order valence-electron chi connectivity index (χ3n) is 3.74. The first-order chi connectivity index (χ1) is 12.1. The highest BCUT2D eigenvalue weighted by Gasteiger charge is 2.22. The molecule has 0 spiro atoms. The van der Waals surface area contributed by atoms with E-state index in [0.29, 0.717) is 5.56 Å². The van der Waals surface area contributed by atoms with Crippen molar-refractivity contribution in [2.75, 3.05) is 0 Å². The summed E-state index contributed by atoms with van der Waals surface area (Å²) < 4.78 is 28.3. The molecule has 3 rings (SSSR count). The van der Waals surface area contributed by atoms with Crippen molar-refractivity contribution in [3.05, 3.63) is 95.8 Å². The molecule has 1 N–H and O–H groups in total. The Hall–Kier alpha value is -3.01. The van der Waals surface area contributed by atoms with Gasteiger partial charge >= 0.3 is 0 Å². The summed E-state index contributed by atoms with van der Waals surface area (Å²) >= 11 is 0. The van der Waals surface area contributed by atoms with E-state index in [2.05, 4.69) is 9.71 Å². The molecule has 1 aromatic heterocycles. The second kappa shape index (κ2) is 7.26. The Kier molecular flexibility index (Phi) is 4.89. The van der Waals surface area contributed by atoms with Gasteiger partial charge in [-0.1, -0.05) is 30.3 Å². The van der Waals surface area contributed by atoms with E-state index in [1.807, 2.05) is 36.4 Å². The minimum Gasteiger partial charge on any atom is -0.265 e. The SMILES string of the molecule is N#Cc1ccc(S(=O)(=O)NC(c2ccccc2)c2ccncc2)cc1. The fourth-order valence-corrected chi connectivity index (χ4v) is 3.67. The molecule has 0 saturated heterocycles. The number of hydrogen-bond donors (Lipinski definition) is 1. The first kappa shape index (κ1) is 16.8. The van der Waals surface area contributed by atoms with E-state index in [0.717, 1.165) is 11.1 Å². The molecule has 1 unspecified atom stereocenters. The number of nitrogens with one attached hydrogen (secondary N) is 1. The Morgan fingerprint density at radius 1 is 0.880 bits per heavy atom. The van der Waals surface area contributed by atoms with Gasteiger partial charge in [-0.15, -0.1) is 0 Å². The standard InChI is InChI=1S/C19H15N3O2S/c20-14-15-6-8-18(9-7-15)25(23,24)22-19(16-4-2-1-3-5-16)17-10-12-21-13-11-17/h1-13,19,22H. The van der Waals surface area contributed by atoms with Crippen molar-refractivity contribution >= 4 is 10.0 Å². The number of sulfonamides is 1. The summed E-state index contributed by atoms with van der Waals surface area (Å²) in [4.78, 5) is 4.10. The van der Waals surface area contributed by atoms with Crippen LogP contribution >= 0.6 is 0 Å². The Morgan fingerprint density at radius 3 is 2.08 bits per heavy atom. The lowest BCUT2D eigenvalue weighted by Crippen LogP contribution is -2.29. The van der Waals surface area contributed by atoms with E-state index in [1.165, 1.54) is 24.3 Å². The topological polar surface area (TPSA) is 82.8 Å². The van der Waals surface area contributed by atoms with Crippen LogP contribution in [0.15, 0.2) is 84.0 Å². The van der Waals surface area contributed by atoms with Gasteiger partial charge in [0.1, 0.15) is 0 Å². The van der Waals surface area contributed by atoms with Gasteiger partial charge in [0, 0.05) is 12.4 Å². The van der Waals surface area contributed by atoms with Crippen LogP contribution in [0.2, 0.25) is 0 Å². The molecule has 124 valence electrons. The van der Waals surface area contributed by atoms with Crippen LogP contribution in [0.5, 0.6) is 0 Å². The maximum absolute atomic E-state index is 12.8. The van der Waals surface area contributed by atoms with Gasteiger partial charge < -0.3 is 0 Å². The van der Waals surface area contributed by atoms with Crippen LogP contribution in [0.3, 0.4) is 0 Å². The van der Waals surface area contributed by atoms with Gasteiger partial charge in [-0.05, 0) is 47.5 Å². The lowest BCUT2D eigenvalue weighted by atomic mass is 10.0. The first-order valence-corrected chi connectivity index (χ1v) is 9.06. The molecule has 0 fully saturated rings. The Labute approximate surface area is 146 Å². The predicted molar refractivity (Wildman–Crippen MR) is 94.0 cm³/mol. The van der Waals surface area contributed by atoms with Gasteiger partial charge in [0.15, 0.2) is 0 Å². The molecule has 0 aliphatic rings. The van der Waals surface area contributed by atoms with Gasteiger partial charge in [-0.25, -0.2) is 8.42 Å². The van der Waals surface area contributed by atoms with Crippen LogP contribution < -0.4 is 4.72 Å². The van der Waals surface area contributed by atoms with Crippen LogP contribution in [-0.4, -0.2) is 13.4 Å². The number of nitrogens with zero attached hydrogens (tertiary/aromatic N) is 2. The van der Waals surface area contributed by atoms with E-state index in [4.69, 9.17) is 5.26 Å². The molecule has 3 aromatic rings. The molecule has 0 amide bonds. The highest BCUT2D eigenvalue weighted by Crippen LogP contribution is 2.24. The number of rotatable bonds is 5. The quantitative estimate of drug-likeness (QED) is 0.767. The van der Waals surface area contributed by atoms with Crippen molar-refractivity contribution in [1.82, 2.24) is 9.71 Å². The van der Waals surface area contributed by atoms with Gasteiger partial charge in [0.2, 0.25) is 10.0 Å². The first-order valence-electron chi connectivity index (χ1n) is 7.57. The molecule has 1 atom stereocenters. The van der Waals surface area contributed by atoms with E-state index in [1.54, 1.807) is 24.5 Å². The van der Waals surface area contributed by atoms with E-state index in [-0.39, 0.29) is 4.90 Å². The molecule has 0 aliphatic carbocycles. The van der Waals surface area contributed by atoms with E-state index >= 15 is 0 Å². The zero-order chi connectivity index (χ0) is 17.7. The van der Waals surface area contributed by atoms with Crippen LogP contribution in [0.4, 0.5) is 0 Å². The van der Waals surface area contributed by atoms with Crippen molar-refractivity contribution in [3.8, 4) is 6.07 Å². The lowest BCUT2D eigenvalue weighted by Gasteiger charge is -2.19. The maximum Gasteiger partial charge on any atom is 0.241 e. The number of nitriles is 1. The van der Waals surface area contributed by atoms with Crippen molar-refractivity contribution in [2.45, 2.75) is 10.9 Å². The van der Waals surface area contributed by atoms with Crippen molar-refractivity contribution in [1.29, 1.82) is 5.26 Å². The Balaban J connectivity index is 1.98. The van der Waals surface area contributed by atoms with E-state index in [9.17, 15) is 8.42 Å². The van der Waals surface area contributed by atoms with Gasteiger partial charge in [0.25, 0.3) is 0 Å². The maximum atomic E-state index is 12.8. The number of aromatic nitrogens is 1. The molecule has 25 heavy (non-hydrogen) atoms. The van der Waals surface area contributed by atoms with Gasteiger partial charge in [-0.2, -0.15) is 9.98 Å². The van der Waals surface area contributed by atoms with Crippen molar-refractivity contribution in [3.63, 3.8) is 0 Å². The van der Waals surface area contributed by atoms with Crippen LogP contribution in [-0.2, 0) is 10.0 Å². The van der Waals surface area contributed by atoms with Crippen molar-refractivity contribution < 1.29 is 8.42 Å². The fraction of sp³-hybridized carbons (Fsp3) is 0.0526. The summed E-state index contributed by atoms with van der Waals surface area (Å²) in [5.74, 6) is 0. The van der Waals surface area contributed by atoms with Gasteiger partial charge in [0.05, 0.1) is 22.6 Å². The summed E-state index contributed by atoms with van der Waals surface area (Å²) in [6.45, 7) is 0. The molecule has 2 aromatic carbocycles. The molecule has 6 heteroatoms. The minimum absolute atomic E-state index is 0.112. The average molecular weight is 349 g/mol. The summed E-state index contributed by atoms with van der Waals surface area (Å²) in [5, 5.41) is 8.85. The highest BCUT2D eigenvalue weighted by molar-refractivity contribution is 7.89. The monoisotopic (exact) mass is 349 g/mol. The third kappa shape index (κ3) is 3.91. The van der Waals surface area contributed by atoms with Gasteiger partial charge in [-0.3, -0.25) is 4.98 Å². The number of benzene rings is 2. The van der Waals surface area contributed by atoms with E-state index < -0.39 is 16.1 Å². The predicted octanol–water partition coefficient (Wildman–Crippen LogP) is 3.02. The smallest absolute Gasteiger partial charge is 0.241 e. The highest BCUT2D eigenvalue weighted by atomic mass is 32.2. The molecule has 0 aliphatic heterocycles. The normalized spacial score (nSPS) is 12.3. The summed E-state index contributed by atoms with van der Waals surface area (Å²) in [6, 6.07) is 20.1. The second-order valence-corrected chi connectivity index (χ2v) is 7.10. The lowest BCUT2D eigenvalue weighted by molar-refractivity contribution is 0.572. The summed E-state index contributed by atoms with van der Waals surface area (Å²) in [6.07, 6.45) is 3.25. The summed E-state index contributed by atoms with van der Waals surface area (Å²) in [7, 11) is -3.76. The molecule has 5 nitrogen and oxygen atoms in total. The molecule has 1 heterocycles. The third-order valence-corrected chi connectivity index (χ3v) is 5.18. The van der Waals surface area contributed by atoms with Crippen LogP contribution in [0.1, 0.15) is 22.7 Å². The number of pyridine rings is 1. The second-order valence-electron chi connectivity index (χ2n) is 5.38. The number of hydrogen-bond acceptors (Lipinski definition) is 4. The molecular weight excluding hydrogens is 334 g/mol. The van der Waals surface area contributed by atoms with Crippen LogP contribution in [0.25, 0.3) is 0 Å². The summed E-state index contributed by atoms with van der Waals surface area (Å²) in [5.41, 5.74) is 2.03. The Bertz CT molecular complexity index is 941.